The van der Waals surface area contributed by atoms with Crippen LogP contribution in [0, 0.1) is 17.5 Å². The maximum absolute atomic E-state index is 14.6. The van der Waals surface area contributed by atoms with Crippen molar-refractivity contribution in [2.75, 3.05) is 23.3 Å². The molecule has 0 spiro atoms. The van der Waals surface area contributed by atoms with E-state index in [4.69, 9.17) is 4.42 Å². The van der Waals surface area contributed by atoms with E-state index in [-0.39, 0.29) is 65.5 Å². The highest BCUT2D eigenvalue weighted by Crippen LogP contribution is 2.32. The highest BCUT2D eigenvalue weighted by atomic mass is 19.3. The number of H-pyrrole nitrogens is 1. The van der Waals surface area contributed by atoms with E-state index >= 15 is 0 Å². The topological polar surface area (TPSA) is 87.0 Å². The smallest absolute Gasteiger partial charge is 0.311 e. The van der Waals surface area contributed by atoms with Crippen LogP contribution in [0.2, 0.25) is 0 Å². The lowest BCUT2D eigenvalue weighted by molar-refractivity contribution is -0.0222. The number of carbonyl (C=O) groups is 1. The van der Waals surface area contributed by atoms with Crippen molar-refractivity contribution in [2.45, 2.75) is 18.8 Å². The number of anilines is 2. The van der Waals surface area contributed by atoms with Crippen LogP contribution >= 0.6 is 0 Å². The van der Waals surface area contributed by atoms with Gasteiger partial charge in [-0.15, -0.1) is 0 Å². The van der Waals surface area contributed by atoms with E-state index < -0.39 is 29.3 Å². The SMILES string of the molecule is O=C(Nc1c[nH]c2cc(F)c(F)cc12)c1nc(-c2cnc(N3CCC(F)(F)CC3)c(F)c2)co1. The van der Waals surface area contributed by atoms with Crippen LogP contribution in [-0.2, 0) is 0 Å². The van der Waals surface area contributed by atoms with Crippen molar-refractivity contribution in [3.63, 3.8) is 0 Å². The fourth-order valence-corrected chi connectivity index (χ4v) is 3.76. The molecule has 7 nitrogen and oxygen atoms in total. The van der Waals surface area contributed by atoms with Crippen molar-refractivity contribution in [2.24, 2.45) is 0 Å². The number of carbonyl (C=O) groups excluding carboxylic acids is 1. The normalized spacial score (nSPS) is 15.6. The first-order chi connectivity index (χ1) is 16.2. The summed E-state index contributed by atoms with van der Waals surface area (Å²) in [6, 6.07) is 3.03. The molecule has 4 heterocycles. The van der Waals surface area contributed by atoms with Crippen LogP contribution in [0.15, 0.2) is 41.3 Å². The fraction of sp³-hybridized carbons (Fsp3) is 0.227. The van der Waals surface area contributed by atoms with Gasteiger partial charge in [0.25, 0.3) is 11.8 Å². The number of aromatic nitrogens is 3. The predicted molar refractivity (Wildman–Crippen MR) is 112 cm³/mol. The number of pyridine rings is 1. The molecule has 1 aliphatic rings. The molecule has 0 radical (unpaired) electrons. The molecular weight excluding hydrogens is 461 g/mol. The molecule has 0 unspecified atom stereocenters. The van der Waals surface area contributed by atoms with Gasteiger partial charge in [-0.05, 0) is 12.1 Å². The Morgan fingerprint density at radius 3 is 2.56 bits per heavy atom. The lowest BCUT2D eigenvalue weighted by Gasteiger charge is -2.32. The molecule has 0 aliphatic carbocycles. The molecule has 1 amide bonds. The third kappa shape index (κ3) is 4.06. The number of fused-ring (bicyclic) bond motifs is 1. The van der Waals surface area contributed by atoms with E-state index in [0.29, 0.717) is 0 Å². The molecule has 0 atom stereocenters. The predicted octanol–water partition coefficient (Wildman–Crippen LogP) is 5.12. The summed E-state index contributed by atoms with van der Waals surface area (Å²) in [5.74, 6) is -6.74. The van der Waals surface area contributed by atoms with Crippen LogP contribution in [-0.4, -0.2) is 39.9 Å². The first-order valence-corrected chi connectivity index (χ1v) is 10.2. The van der Waals surface area contributed by atoms with Crippen LogP contribution in [0.1, 0.15) is 23.5 Å². The number of halogens is 5. The molecule has 0 bridgehead atoms. The Labute approximate surface area is 188 Å². The second kappa shape index (κ2) is 8.12. The van der Waals surface area contributed by atoms with Crippen LogP contribution in [0.3, 0.4) is 0 Å². The van der Waals surface area contributed by atoms with E-state index in [2.05, 4.69) is 20.3 Å². The summed E-state index contributed by atoms with van der Waals surface area (Å²) in [5.41, 5.74) is 0.806. The van der Waals surface area contributed by atoms with Gasteiger partial charge in [0.1, 0.15) is 12.0 Å². The molecule has 5 rings (SSSR count). The van der Waals surface area contributed by atoms with Gasteiger partial charge < -0.3 is 19.6 Å². The number of nitrogens with zero attached hydrogens (tertiary/aromatic N) is 3. The largest absolute Gasteiger partial charge is 0.440 e. The van der Waals surface area contributed by atoms with Gasteiger partial charge in [-0.1, -0.05) is 0 Å². The van der Waals surface area contributed by atoms with E-state index in [1.807, 2.05) is 0 Å². The molecule has 1 saturated heterocycles. The standard InChI is InChI=1S/C22H16F5N5O2/c23-13-6-12-16(7-14(13)24)28-9-17(12)30-20(33)21-31-18(10-34-21)11-5-15(25)19(29-8-11)32-3-1-22(26,27)2-4-32/h5-10,28H,1-4H2,(H,30,33). The number of hydrogen-bond acceptors (Lipinski definition) is 5. The maximum Gasteiger partial charge on any atom is 0.311 e. The van der Waals surface area contributed by atoms with Gasteiger partial charge in [0.05, 0.1) is 11.2 Å². The molecule has 1 aliphatic heterocycles. The van der Waals surface area contributed by atoms with Gasteiger partial charge in [0.15, 0.2) is 23.3 Å². The summed E-state index contributed by atoms with van der Waals surface area (Å²) in [6.45, 7) is -0.0378. The quantitative estimate of drug-likeness (QED) is 0.399. The van der Waals surface area contributed by atoms with Crippen LogP contribution in [0.4, 0.5) is 33.5 Å². The summed E-state index contributed by atoms with van der Waals surface area (Å²) >= 11 is 0. The van der Waals surface area contributed by atoms with Gasteiger partial charge in [-0.25, -0.2) is 31.9 Å². The van der Waals surface area contributed by atoms with Gasteiger partial charge in [-0.3, -0.25) is 4.79 Å². The number of oxazole rings is 1. The number of piperidine rings is 1. The lowest BCUT2D eigenvalue weighted by atomic mass is 10.1. The van der Waals surface area contributed by atoms with E-state index in [9.17, 15) is 26.7 Å². The van der Waals surface area contributed by atoms with Crippen molar-refractivity contribution in [3.05, 3.63) is 60.2 Å². The molecule has 4 aromatic rings. The Morgan fingerprint density at radius 1 is 1.09 bits per heavy atom. The van der Waals surface area contributed by atoms with E-state index in [1.54, 1.807) is 0 Å². The molecule has 0 saturated carbocycles. The van der Waals surface area contributed by atoms with Gasteiger partial charge >= 0.3 is 5.91 Å². The number of alkyl halides is 2. The summed E-state index contributed by atoms with van der Waals surface area (Å²) < 4.78 is 73.5. The molecular formula is C22H16F5N5O2. The summed E-state index contributed by atoms with van der Waals surface area (Å²) in [7, 11) is 0. The number of benzene rings is 1. The number of amides is 1. The lowest BCUT2D eigenvalue weighted by Crippen LogP contribution is -2.40. The molecule has 12 heteroatoms. The number of hydrogen-bond donors (Lipinski definition) is 2. The van der Waals surface area contributed by atoms with Crippen LogP contribution in [0.5, 0.6) is 0 Å². The highest BCUT2D eigenvalue weighted by molar-refractivity contribution is 6.07. The second-order valence-electron chi connectivity index (χ2n) is 7.88. The van der Waals surface area contributed by atoms with Crippen molar-refractivity contribution in [1.82, 2.24) is 15.0 Å². The summed E-state index contributed by atoms with van der Waals surface area (Å²) in [6.07, 6.45) is 3.05. The van der Waals surface area contributed by atoms with Crippen molar-refractivity contribution < 1.29 is 31.2 Å². The Balaban J connectivity index is 1.32. The van der Waals surface area contributed by atoms with Crippen LogP contribution < -0.4 is 10.2 Å². The monoisotopic (exact) mass is 477 g/mol. The van der Waals surface area contributed by atoms with E-state index in [1.165, 1.54) is 17.3 Å². The minimum absolute atomic E-state index is 0.0189. The average molecular weight is 477 g/mol. The maximum atomic E-state index is 14.6. The Morgan fingerprint density at radius 2 is 1.82 bits per heavy atom. The fourth-order valence-electron chi connectivity index (χ4n) is 3.76. The highest BCUT2D eigenvalue weighted by Gasteiger charge is 2.35. The zero-order chi connectivity index (χ0) is 24.0. The molecule has 3 aromatic heterocycles. The number of rotatable bonds is 4. The Hall–Kier alpha value is -3.96. The third-order valence-electron chi connectivity index (χ3n) is 5.58. The minimum Gasteiger partial charge on any atom is -0.440 e. The zero-order valence-corrected chi connectivity index (χ0v) is 17.3. The number of nitrogens with one attached hydrogen (secondary N) is 2. The van der Waals surface area contributed by atoms with Gasteiger partial charge in [0.2, 0.25) is 0 Å². The molecule has 1 fully saturated rings. The molecule has 2 N–H and O–H groups in total. The molecule has 1 aromatic carbocycles. The second-order valence-corrected chi connectivity index (χ2v) is 7.88. The average Bonchev–Trinajstić information content (AvgIpc) is 3.43. The first kappa shape index (κ1) is 21.9. The van der Waals surface area contributed by atoms with Gasteiger partial charge in [-0.2, -0.15) is 0 Å². The molecule has 34 heavy (non-hydrogen) atoms. The zero-order valence-electron chi connectivity index (χ0n) is 17.3. The Kier molecular flexibility index (Phi) is 5.22. The van der Waals surface area contributed by atoms with Crippen LogP contribution in [0.25, 0.3) is 22.2 Å². The van der Waals surface area contributed by atoms with Crippen molar-refractivity contribution >= 4 is 28.3 Å². The van der Waals surface area contributed by atoms with Crippen molar-refractivity contribution in [1.29, 1.82) is 0 Å². The summed E-state index contributed by atoms with van der Waals surface area (Å²) in [5, 5.41) is 2.74. The third-order valence-corrected chi connectivity index (χ3v) is 5.58. The van der Waals surface area contributed by atoms with Gasteiger partial charge in [0, 0.05) is 55.3 Å². The first-order valence-electron chi connectivity index (χ1n) is 10.2. The summed E-state index contributed by atoms with van der Waals surface area (Å²) in [4.78, 5) is 24.8. The molecule has 176 valence electrons. The Bertz CT molecular complexity index is 1390. The van der Waals surface area contributed by atoms with Crippen molar-refractivity contribution in [3.8, 4) is 11.3 Å². The minimum atomic E-state index is -2.76. The number of aromatic amines is 1. The van der Waals surface area contributed by atoms with E-state index in [0.717, 1.165) is 24.5 Å².